The molecule has 0 aromatic heterocycles. The minimum atomic E-state index is -1.04. The van der Waals surface area contributed by atoms with Crippen molar-refractivity contribution in [1.29, 1.82) is 0 Å². The number of aryl methyl sites for hydroxylation is 2. The van der Waals surface area contributed by atoms with Crippen LogP contribution in [0.2, 0.25) is 0 Å². The van der Waals surface area contributed by atoms with Crippen LogP contribution in [0.5, 0.6) is 0 Å². The van der Waals surface area contributed by atoms with E-state index >= 15 is 0 Å². The van der Waals surface area contributed by atoms with Gasteiger partial charge in [-0.2, -0.15) is 0 Å². The largest absolute Gasteiger partial charge is 0.444 e. The van der Waals surface area contributed by atoms with Crippen LogP contribution < -0.4 is 10.6 Å². The average molecular weight is 416 g/mol. The molecule has 1 rings (SSSR count). The fourth-order valence-corrected chi connectivity index (χ4v) is 2.73. The zero-order valence-electron chi connectivity index (χ0n) is 19.2. The third-order valence-electron chi connectivity index (χ3n) is 3.92. The van der Waals surface area contributed by atoms with Crippen LogP contribution in [0.1, 0.15) is 64.3 Å². The SMILES string of the molecule is C#CN(C(=O)CNC(=O)OC(C)(C)C)C(C(=O)NC(C)(C)C)c1cc(C)ccc1C. The molecule has 3 amide bonds. The van der Waals surface area contributed by atoms with Crippen LogP contribution in [-0.2, 0) is 14.3 Å². The molecule has 1 atom stereocenters. The zero-order valence-corrected chi connectivity index (χ0v) is 19.2. The van der Waals surface area contributed by atoms with E-state index in [1.54, 1.807) is 20.8 Å². The molecular formula is C23H33N3O4. The molecule has 7 heteroatoms. The van der Waals surface area contributed by atoms with Gasteiger partial charge in [0.15, 0.2) is 0 Å². The normalized spacial score (nSPS) is 12.4. The van der Waals surface area contributed by atoms with Gasteiger partial charge in [-0.05, 0) is 66.5 Å². The number of nitrogens with zero attached hydrogens (tertiary/aromatic N) is 1. The third-order valence-corrected chi connectivity index (χ3v) is 3.92. The lowest BCUT2D eigenvalue weighted by Gasteiger charge is -2.31. The number of nitrogens with one attached hydrogen (secondary N) is 2. The van der Waals surface area contributed by atoms with Gasteiger partial charge in [0.25, 0.3) is 5.91 Å². The van der Waals surface area contributed by atoms with Gasteiger partial charge in [-0.25, -0.2) is 4.79 Å². The molecule has 0 radical (unpaired) electrons. The van der Waals surface area contributed by atoms with Crippen molar-refractivity contribution in [2.45, 2.75) is 72.6 Å². The minimum absolute atomic E-state index is 0.400. The van der Waals surface area contributed by atoms with Gasteiger partial charge in [-0.1, -0.05) is 30.2 Å². The summed E-state index contributed by atoms with van der Waals surface area (Å²) in [6, 6.07) is 6.91. The van der Waals surface area contributed by atoms with Crippen molar-refractivity contribution in [3.8, 4) is 12.5 Å². The van der Waals surface area contributed by atoms with Gasteiger partial charge in [-0.3, -0.25) is 14.5 Å². The summed E-state index contributed by atoms with van der Waals surface area (Å²) >= 11 is 0. The number of ether oxygens (including phenoxy) is 1. The Bertz CT molecular complexity index is 841. The Balaban J connectivity index is 3.21. The average Bonchev–Trinajstić information content (AvgIpc) is 2.56. The van der Waals surface area contributed by atoms with Crippen molar-refractivity contribution in [2.24, 2.45) is 0 Å². The number of hydrogen-bond donors (Lipinski definition) is 2. The molecule has 0 aliphatic carbocycles. The van der Waals surface area contributed by atoms with E-state index in [0.29, 0.717) is 5.56 Å². The maximum Gasteiger partial charge on any atom is 0.408 e. The summed E-state index contributed by atoms with van der Waals surface area (Å²) in [4.78, 5) is 38.9. The number of terminal acetylenes is 1. The first-order valence-electron chi connectivity index (χ1n) is 9.79. The lowest BCUT2D eigenvalue weighted by Crippen LogP contribution is -2.50. The van der Waals surface area contributed by atoms with Crippen molar-refractivity contribution >= 4 is 17.9 Å². The van der Waals surface area contributed by atoms with E-state index in [0.717, 1.165) is 16.0 Å². The molecule has 0 bridgehead atoms. The molecule has 2 N–H and O–H groups in total. The second-order valence-corrected chi connectivity index (χ2v) is 9.25. The van der Waals surface area contributed by atoms with Gasteiger partial charge < -0.3 is 15.4 Å². The molecule has 1 aromatic carbocycles. The first-order chi connectivity index (χ1) is 13.6. The smallest absolute Gasteiger partial charge is 0.408 e. The molecule has 0 saturated carbocycles. The Hall–Kier alpha value is -3.01. The molecule has 0 saturated heterocycles. The van der Waals surface area contributed by atoms with E-state index in [1.165, 1.54) is 0 Å². The van der Waals surface area contributed by atoms with E-state index in [-0.39, 0.29) is 0 Å². The summed E-state index contributed by atoms with van der Waals surface area (Å²) in [5.74, 6) is -1.00. The lowest BCUT2D eigenvalue weighted by atomic mass is 9.96. The summed E-state index contributed by atoms with van der Waals surface area (Å²) in [6.45, 7) is 14.0. The predicted molar refractivity (Wildman–Crippen MR) is 116 cm³/mol. The number of carbonyl (C=O) groups excluding carboxylic acids is 3. The van der Waals surface area contributed by atoms with Gasteiger partial charge in [0, 0.05) is 11.6 Å². The second-order valence-electron chi connectivity index (χ2n) is 9.25. The van der Waals surface area contributed by atoms with Crippen molar-refractivity contribution in [3.63, 3.8) is 0 Å². The highest BCUT2D eigenvalue weighted by Crippen LogP contribution is 2.26. The molecule has 0 aliphatic heterocycles. The number of hydrogen-bond acceptors (Lipinski definition) is 4. The Morgan fingerprint density at radius 1 is 1.13 bits per heavy atom. The predicted octanol–water partition coefficient (Wildman–Crippen LogP) is 3.20. The maximum atomic E-state index is 13.1. The van der Waals surface area contributed by atoms with Crippen LogP contribution in [0.25, 0.3) is 0 Å². The van der Waals surface area contributed by atoms with Crippen LogP contribution >= 0.6 is 0 Å². The first kappa shape index (κ1) is 25.0. The van der Waals surface area contributed by atoms with Crippen LogP contribution in [0.4, 0.5) is 4.79 Å². The molecule has 1 unspecified atom stereocenters. The molecule has 0 fully saturated rings. The molecule has 7 nitrogen and oxygen atoms in total. The minimum Gasteiger partial charge on any atom is -0.444 e. The number of rotatable bonds is 5. The monoisotopic (exact) mass is 415 g/mol. The Labute approximate surface area is 179 Å². The summed E-state index contributed by atoms with van der Waals surface area (Å²) in [5.41, 5.74) is 1.15. The zero-order chi connectivity index (χ0) is 23.3. The second kappa shape index (κ2) is 9.66. The van der Waals surface area contributed by atoms with Gasteiger partial charge in [-0.15, -0.1) is 0 Å². The quantitative estimate of drug-likeness (QED) is 0.571. The summed E-state index contributed by atoms with van der Waals surface area (Å²) < 4.78 is 5.14. The van der Waals surface area contributed by atoms with Crippen LogP contribution in [0.3, 0.4) is 0 Å². The van der Waals surface area contributed by atoms with E-state index in [2.05, 4.69) is 16.7 Å². The topological polar surface area (TPSA) is 87.7 Å². The van der Waals surface area contributed by atoms with Crippen molar-refractivity contribution in [2.75, 3.05) is 6.54 Å². The van der Waals surface area contributed by atoms with Crippen LogP contribution in [0.15, 0.2) is 18.2 Å². The van der Waals surface area contributed by atoms with E-state index in [4.69, 9.17) is 11.2 Å². The highest BCUT2D eigenvalue weighted by atomic mass is 16.6. The molecule has 164 valence electrons. The first-order valence-corrected chi connectivity index (χ1v) is 9.79. The summed E-state index contributed by atoms with van der Waals surface area (Å²) in [6.07, 6.45) is 4.90. The number of alkyl carbamates (subject to hydrolysis) is 1. The van der Waals surface area contributed by atoms with Gasteiger partial charge >= 0.3 is 6.09 Å². The Morgan fingerprint density at radius 2 is 1.73 bits per heavy atom. The highest BCUT2D eigenvalue weighted by Gasteiger charge is 2.34. The molecule has 0 heterocycles. The Morgan fingerprint density at radius 3 is 2.23 bits per heavy atom. The van der Waals surface area contributed by atoms with E-state index in [1.807, 2.05) is 52.8 Å². The fraction of sp³-hybridized carbons (Fsp3) is 0.522. The number of amides is 3. The lowest BCUT2D eigenvalue weighted by molar-refractivity contribution is -0.137. The molecule has 0 aliphatic rings. The fourth-order valence-electron chi connectivity index (χ4n) is 2.73. The molecule has 1 aromatic rings. The molecule has 0 spiro atoms. The van der Waals surface area contributed by atoms with Crippen molar-refractivity contribution < 1.29 is 19.1 Å². The van der Waals surface area contributed by atoms with Gasteiger partial charge in [0.2, 0.25) is 5.91 Å². The van der Waals surface area contributed by atoms with Gasteiger partial charge in [0.1, 0.15) is 18.2 Å². The summed E-state index contributed by atoms with van der Waals surface area (Å²) in [5, 5.41) is 5.28. The van der Waals surface area contributed by atoms with Crippen molar-refractivity contribution in [1.82, 2.24) is 15.5 Å². The molecular weight excluding hydrogens is 382 g/mol. The summed E-state index contributed by atoms with van der Waals surface area (Å²) in [7, 11) is 0. The highest BCUT2D eigenvalue weighted by molar-refractivity contribution is 5.92. The van der Waals surface area contributed by atoms with Crippen molar-refractivity contribution in [3.05, 3.63) is 34.9 Å². The molecule has 30 heavy (non-hydrogen) atoms. The van der Waals surface area contributed by atoms with Crippen LogP contribution in [-0.4, -0.2) is 40.5 Å². The standard InChI is InChI=1S/C23H33N3O4/c1-10-26(18(27)14-24-21(29)30-23(7,8)9)19(20(28)25-22(4,5)6)17-13-15(2)11-12-16(17)3/h1,11-13,19H,14H2,2-9H3,(H,24,29)(H,25,28). The number of benzene rings is 1. The van der Waals surface area contributed by atoms with E-state index in [9.17, 15) is 14.4 Å². The Kier molecular flexibility index (Phi) is 8.06. The maximum absolute atomic E-state index is 13.1. The third kappa shape index (κ3) is 7.78. The number of carbonyl (C=O) groups is 3. The van der Waals surface area contributed by atoms with Gasteiger partial charge in [0.05, 0.1) is 0 Å². The van der Waals surface area contributed by atoms with Crippen LogP contribution in [0, 0.1) is 26.3 Å². The van der Waals surface area contributed by atoms with E-state index < -0.39 is 41.6 Å².